The Morgan fingerprint density at radius 3 is 2.32 bits per heavy atom. The zero-order valence-corrected chi connectivity index (χ0v) is 15.9. The maximum atomic E-state index is 12.6. The van der Waals surface area contributed by atoms with Gasteiger partial charge in [-0.15, -0.1) is 0 Å². The molecule has 0 unspecified atom stereocenters. The van der Waals surface area contributed by atoms with Crippen molar-refractivity contribution in [3.05, 3.63) is 29.8 Å². The number of nitrogens with one attached hydrogen (secondary N) is 1. The minimum Gasteiger partial charge on any atom is -0.326 e. The molecule has 138 valence electrons. The molecule has 0 radical (unpaired) electrons. The van der Waals surface area contributed by atoms with E-state index >= 15 is 0 Å². The molecule has 5 heteroatoms. The van der Waals surface area contributed by atoms with Crippen molar-refractivity contribution in [2.24, 2.45) is 5.92 Å². The third-order valence-corrected chi connectivity index (χ3v) is 5.01. The largest absolute Gasteiger partial charge is 0.326 e. The number of rotatable bonds is 5. The molecular formula is C20H31N3O2. The van der Waals surface area contributed by atoms with Crippen molar-refractivity contribution < 1.29 is 9.59 Å². The molecule has 1 saturated heterocycles. The van der Waals surface area contributed by atoms with Crippen molar-refractivity contribution in [3.8, 4) is 0 Å². The molecule has 1 N–H and O–H groups in total. The van der Waals surface area contributed by atoms with Crippen molar-refractivity contribution in [1.82, 2.24) is 9.80 Å². The maximum Gasteiger partial charge on any atom is 0.319 e. The van der Waals surface area contributed by atoms with Crippen LogP contribution in [0.1, 0.15) is 52.0 Å². The molecule has 0 aliphatic carbocycles. The molecule has 1 heterocycles. The van der Waals surface area contributed by atoms with E-state index in [4.69, 9.17) is 0 Å². The van der Waals surface area contributed by atoms with Gasteiger partial charge in [0, 0.05) is 37.8 Å². The van der Waals surface area contributed by atoms with E-state index in [9.17, 15) is 9.59 Å². The molecule has 5 nitrogen and oxygen atoms in total. The number of piperidine rings is 1. The summed E-state index contributed by atoms with van der Waals surface area (Å²) in [5, 5.41) is 3.10. The van der Waals surface area contributed by atoms with Crippen LogP contribution >= 0.6 is 0 Å². The quantitative estimate of drug-likeness (QED) is 0.879. The minimum atomic E-state index is -0.0269. The predicted molar refractivity (Wildman–Crippen MR) is 102 cm³/mol. The molecule has 0 bridgehead atoms. The highest BCUT2D eigenvalue weighted by molar-refractivity contribution is 5.93. The van der Waals surface area contributed by atoms with E-state index in [0.29, 0.717) is 19.0 Å². The molecule has 1 aliphatic rings. The van der Waals surface area contributed by atoms with E-state index in [1.54, 1.807) is 0 Å². The molecular weight excluding hydrogens is 314 g/mol. The first-order valence-corrected chi connectivity index (χ1v) is 9.41. The van der Waals surface area contributed by atoms with Crippen LogP contribution in [0.3, 0.4) is 0 Å². The monoisotopic (exact) mass is 345 g/mol. The second kappa shape index (κ2) is 8.88. The zero-order valence-electron chi connectivity index (χ0n) is 15.9. The predicted octanol–water partition coefficient (Wildman–Crippen LogP) is 3.92. The van der Waals surface area contributed by atoms with E-state index in [1.165, 1.54) is 0 Å². The lowest BCUT2D eigenvalue weighted by molar-refractivity contribution is -0.121. The Morgan fingerprint density at radius 2 is 1.76 bits per heavy atom. The van der Waals surface area contributed by atoms with E-state index in [-0.39, 0.29) is 17.9 Å². The lowest BCUT2D eigenvalue weighted by Crippen LogP contribution is -2.47. The highest BCUT2D eigenvalue weighted by Crippen LogP contribution is 2.26. The fourth-order valence-electron chi connectivity index (χ4n) is 3.38. The molecule has 1 aliphatic heterocycles. The van der Waals surface area contributed by atoms with E-state index in [2.05, 4.69) is 25.2 Å². The zero-order chi connectivity index (χ0) is 18.4. The van der Waals surface area contributed by atoms with Gasteiger partial charge in [-0.05, 0) is 44.2 Å². The van der Waals surface area contributed by atoms with Crippen LogP contribution < -0.4 is 5.32 Å². The molecule has 0 atom stereocenters. The average molecular weight is 345 g/mol. The molecule has 1 aromatic carbocycles. The number of nitrogens with zero attached hydrogens (tertiary/aromatic N) is 2. The molecule has 1 fully saturated rings. The Morgan fingerprint density at radius 1 is 1.16 bits per heavy atom. The van der Waals surface area contributed by atoms with Crippen LogP contribution in [0.4, 0.5) is 10.5 Å². The molecule has 2 rings (SSSR count). The normalized spacial score (nSPS) is 15.3. The highest BCUT2D eigenvalue weighted by Gasteiger charge is 2.29. The lowest BCUT2D eigenvalue weighted by Gasteiger charge is -2.34. The van der Waals surface area contributed by atoms with E-state index < -0.39 is 0 Å². The first kappa shape index (κ1) is 19.3. The Balaban J connectivity index is 1.93. The van der Waals surface area contributed by atoms with Crippen LogP contribution in [0.25, 0.3) is 0 Å². The van der Waals surface area contributed by atoms with Crippen LogP contribution in [-0.2, 0) is 4.79 Å². The number of urea groups is 1. The SMILES string of the molecule is CCN(CC)C(=O)N1CCC(C(=O)Nc2ccccc2C(C)C)CC1. The second-order valence-electron chi connectivity index (χ2n) is 6.95. The first-order chi connectivity index (χ1) is 12.0. The summed E-state index contributed by atoms with van der Waals surface area (Å²) in [5.41, 5.74) is 2.06. The van der Waals surface area contributed by atoms with Gasteiger partial charge in [-0.1, -0.05) is 32.0 Å². The molecule has 0 spiro atoms. The third-order valence-electron chi connectivity index (χ3n) is 5.01. The van der Waals surface area contributed by atoms with Gasteiger partial charge in [-0.2, -0.15) is 0 Å². The molecule has 25 heavy (non-hydrogen) atoms. The lowest BCUT2D eigenvalue weighted by atomic mass is 9.95. The van der Waals surface area contributed by atoms with Crippen molar-refractivity contribution in [1.29, 1.82) is 0 Å². The number of likely N-dealkylation sites (tertiary alicyclic amines) is 1. The van der Waals surface area contributed by atoms with E-state index in [1.807, 2.05) is 41.8 Å². The summed E-state index contributed by atoms with van der Waals surface area (Å²) in [5.74, 6) is 0.411. The Labute approximate surface area is 151 Å². The highest BCUT2D eigenvalue weighted by atomic mass is 16.2. The summed E-state index contributed by atoms with van der Waals surface area (Å²) >= 11 is 0. The topological polar surface area (TPSA) is 52.7 Å². The molecule has 1 aromatic rings. The van der Waals surface area contributed by atoms with Crippen molar-refractivity contribution in [2.45, 2.75) is 46.5 Å². The standard InChI is InChI=1S/C20H31N3O2/c1-5-22(6-2)20(25)23-13-11-16(12-14-23)19(24)21-18-10-8-7-9-17(18)15(3)4/h7-10,15-16H,5-6,11-14H2,1-4H3,(H,21,24). The minimum absolute atomic E-state index is 0.0269. The van der Waals surface area contributed by atoms with Gasteiger partial charge in [0.1, 0.15) is 0 Å². The van der Waals surface area contributed by atoms with Gasteiger partial charge in [-0.25, -0.2) is 4.79 Å². The summed E-state index contributed by atoms with van der Waals surface area (Å²) in [6.07, 6.45) is 1.45. The maximum absolute atomic E-state index is 12.6. The third kappa shape index (κ3) is 4.74. The fraction of sp³-hybridized carbons (Fsp3) is 0.600. The Kier molecular flexibility index (Phi) is 6.85. The number of benzene rings is 1. The van der Waals surface area contributed by atoms with E-state index in [0.717, 1.165) is 37.2 Å². The van der Waals surface area contributed by atoms with Gasteiger partial charge >= 0.3 is 6.03 Å². The van der Waals surface area contributed by atoms with Gasteiger partial charge in [0.05, 0.1) is 0 Å². The van der Waals surface area contributed by atoms with Crippen LogP contribution in [0.5, 0.6) is 0 Å². The number of hydrogen-bond donors (Lipinski definition) is 1. The molecule has 3 amide bonds. The fourth-order valence-corrected chi connectivity index (χ4v) is 3.38. The Bertz CT molecular complexity index is 588. The summed E-state index contributed by atoms with van der Waals surface area (Å²) in [6.45, 7) is 11.0. The summed E-state index contributed by atoms with van der Waals surface area (Å²) in [6, 6.07) is 8.07. The number of hydrogen-bond acceptors (Lipinski definition) is 2. The summed E-state index contributed by atoms with van der Waals surface area (Å²) in [7, 11) is 0. The number of para-hydroxylation sites is 1. The first-order valence-electron chi connectivity index (χ1n) is 9.41. The van der Waals surface area contributed by atoms with Gasteiger partial charge in [0.2, 0.25) is 5.91 Å². The van der Waals surface area contributed by atoms with Crippen molar-refractivity contribution >= 4 is 17.6 Å². The van der Waals surface area contributed by atoms with Crippen LogP contribution in [-0.4, -0.2) is 47.9 Å². The molecule has 0 saturated carbocycles. The number of carbonyl (C=O) groups excluding carboxylic acids is 2. The van der Waals surface area contributed by atoms with Crippen LogP contribution in [0, 0.1) is 5.92 Å². The van der Waals surface area contributed by atoms with Gasteiger partial charge in [0.15, 0.2) is 0 Å². The van der Waals surface area contributed by atoms with Crippen LogP contribution in [0.2, 0.25) is 0 Å². The average Bonchev–Trinajstić information content (AvgIpc) is 2.63. The number of anilines is 1. The Hall–Kier alpha value is -2.04. The van der Waals surface area contributed by atoms with Crippen molar-refractivity contribution in [2.75, 3.05) is 31.5 Å². The second-order valence-corrected chi connectivity index (χ2v) is 6.95. The van der Waals surface area contributed by atoms with Crippen LogP contribution in [0.15, 0.2) is 24.3 Å². The number of carbonyl (C=O) groups is 2. The summed E-state index contributed by atoms with van der Waals surface area (Å²) in [4.78, 5) is 28.7. The van der Waals surface area contributed by atoms with Gasteiger partial charge in [0.25, 0.3) is 0 Å². The van der Waals surface area contributed by atoms with Gasteiger partial charge < -0.3 is 15.1 Å². The van der Waals surface area contributed by atoms with Gasteiger partial charge in [-0.3, -0.25) is 4.79 Å². The molecule has 0 aromatic heterocycles. The summed E-state index contributed by atoms with van der Waals surface area (Å²) < 4.78 is 0. The van der Waals surface area contributed by atoms with Crippen molar-refractivity contribution in [3.63, 3.8) is 0 Å². The smallest absolute Gasteiger partial charge is 0.319 e. The number of amides is 3.